The number of aromatic nitrogens is 1. The molecular formula is C13H18N2OS. The lowest BCUT2D eigenvalue weighted by Gasteiger charge is -2.37. The van der Waals surface area contributed by atoms with Crippen molar-refractivity contribution in [3.63, 3.8) is 0 Å². The van der Waals surface area contributed by atoms with E-state index in [9.17, 15) is 5.11 Å². The van der Waals surface area contributed by atoms with E-state index >= 15 is 0 Å². The third kappa shape index (κ3) is 2.42. The highest BCUT2D eigenvalue weighted by atomic mass is 32.1. The molecule has 1 aromatic heterocycles. The van der Waals surface area contributed by atoms with Crippen molar-refractivity contribution in [2.45, 2.75) is 38.8 Å². The maximum Gasteiger partial charge on any atom is 0.184 e. The maximum absolute atomic E-state index is 10.1. The molecule has 0 saturated carbocycles. The van der Waals surface area contributed by atoms with E-state index in [1.165, 1.54) is 0 Å². The normalized spacial score (nSPS) is 13.0. The number of rotatable bonds is 3. The molecule has 0 fully saturated rings. The van der Waals surface area contributed by atoms with Gasteiger partial charge in [0.1, 0.15) is 0 Å². The molecule has 4 heteroatoms. The highest BCUT2D eigenvalue weighted by Gasteiger charge is 2.35. The quantitative estimate of drug-likeness (QED) is 0.879. The predicted octanol–water partition coefficient (Wildman–Crippen LogP) is 3.26. The number of nitrogens with zero attached hydrogens (tertiary/aromatic N) is 1. The fourth-order valence-electron chi connectivity index (χ4n) is 1.35. The predicted molar refractivity (Wildman–Crippen MR) is 73.6 cm³/mol. The van der Waals surface area contributed by atoms with Crippen LogP contribution in [0.5, 0.6) is 0 Å². The standard InChI is InChI=1S/C13H18N2OS/c1-12(2,13(3,4)16)15-11-14-9-7-5-6-8-10(9)17-11/h5-8,16H,1-4H3,(H,14,15). The molecule has 92 valence electrons. The molecule has 0 spiro atoms. The van der Waals surface area contributed by atoms with Crippen LogP contribution in [0, 0.1) is 0 Å². The van der Waals surface area contributed by atoms with Gasteiger partial charge in [0.15, 0.2) is 5.13 Å². The minimum absolute atomic E-state index is 0.430. The van der Waals surface area contributed by atoms with Crippen LogP contribution in [0.2, 0.25) is 0 Å². The first-order valence-corrected chi connectivity index (χ1v) is 6.47. The molecule has 0 atom stereocenters. The van der Waals surface area contributed by atoms with Crippen LogP contribution in [0.1, 0.15) is 27.7 Å². The highest BCUT2D eigenvalue weighted by Crippen LogP contribution is 2.31. The van der Waals surface area contributed by atoms with Crippen molar-refractivity contribution >= 4 is 26.7 Å². The Balaban J connectivity index is 2.30. The lowest BCUT2D eigenvalue weighted by Crippen LogP contribution is -2.51. The summed E-state index contributed by atoms with van der Waals surface area (Å²) in [6.45, 7) is 7.54. The lowest BCUT2D eigenvalue weighted by molar-refractivity contribution is 0.0240. The highest BCUT2D eigenvalue weighted by molar-refractivity contribution is 7.22. The van der Waals surface area contributed by atoms with Gasteiger partial charge in [0, 0.05) is 0 Å². The van der Waals surface area contributed by atoms with E-state index in [4.69, 9.17) is 0 Å². The molecule has 2 N–H and O–H groups in total. The van der Waals surface area contributed by atoms with Crippen LogP contribution < -0.4 is 5.32 Å². The zero-order valence-corrected chi connectivity index (χ0v) is 11.4. The van der Waals surface area contributed by atoms with Gasteiger partial charge in [-0.25, -0.2) is 4.98 Å². The van der Waals surface area contributed by atoms with Crippen molar-refractivity contribution in [2.24, 2.45) is 0 Å². The van der Waals surface area contributed by atoms with Gasteiger partial charge < -0.3 is 10.4 Å². The Labute approximate surface area is 106 Å². The summed E-state index contributed by atoms with van der Waals surface area (Å²) in [5.41, 5.74) is -0.252. The first-order chi connectivity index (χ1) is 7.79. The lowest BCUT2D eigenvalue weighted by atomic mass is 9.86. The van der Waals surface area contributed by atoms with Crippen LogP contribution in [-0.2, 0) is 0 Å². The molecule has 0 aliphatic rings. The molecule has 0 bridgehead atoms. The summed E-state index contributed by atoms with van der Waals surface area (Å²) in [6, 6.07) is 8.03. The molecule has 1 heterocycles. The Hall–Kier alpha value is -1.13. The molecule has 0 aliphatic carbocycles. The molecule has 0 radical (unpaired) electrons. The number of thiazole rings is 1. The van der Waals surface area contributed by atoms with Gasteiger partial charge in [-0.1, -0.05) is 23.5 Å². The topological polar surface area (TPSA) is 45.1 Å². The fourth-order valence-corrected chi connectivity index (χ4v) is 2.37. The summed E-state index contributed by atoms with van der Waals surface area (Å²) in [5.74, 6) is 0. The van der Waals surface area contributed by atoms with E-state index in [2.05, 4.69) is 16.4 Å². The Morgan fingerprint density at radius 2 is 1.82 bits per heavy atom. The van der Waals surface area contributed by atoms with Crippen molar-refractivity contribution in [3.05, 3.63) is 24.3 Å². The van der Waals surface area contributed by atoms with Gasteiger partial charge in [0.05, 0.1) is 21.4 Å². The Kier molecular flexibility index (Phi) is 2.87. The van der Waals surface area contributed by atoms with Crippen LogP contribution in [0.3, 0.4) is 0 Å². The second-order valence-corrected chi connectivity index (χ2v) is 6.33. The van der Waals surface area contributed by atoms with Crippen LogP contribution >= 0.6 is 11.3 Å². The number of nitrogens with one attached hydrogen (secondary N) is 1. The third-order valence-corrected chi connectivity index (χ3v) is 4.19. The minimum atomic E-state index is -0.815. The van der Waals surface area contributed by atoms with Crippen molar-refractivity contribution in [2.75, 3.05) is 5.32 Å². The molecule has 1 aromatic carbocycles. The average Bonchev–Trinajstić information content (AvgIpc) is 2.56. The molecule has 3 nitrogen and oxygen atoms in total. The summed E-state index contributed by atoms with van der Waals surface area (Å²) >= 11 is 1.61. The molecule has 2 aromatic rings. The maximum atomic E-state index is 10.1. The summed E-state index contributed by atoms with van der Waals surface area (Å²) < 4.78 is 1.15. The molecule has 17 heavy (non-hydrogen) atoms. The first kappa shape index (κ1) is 12.3. The van der Waals surface area contributed by atoms with Crippen LogP contribution in [0.25, 0.3) is 10.2 Å². The van der Waals surface area contributed by atoms with E-state index < -0.39 is 11.1 Å². The SMILES string of the molecule is CC(C)(O)C(C)(C)Nc1nc2ccccc2s1. The monoisotopic (exact) mass is 250 g/mol. The van der Waals surface area contributed by atoms with Crippen LogP contribution in [0.15, 0.2) is 24.3 Å². The van der Waals surface area contributed by atoms with Crippen molar-refractivity contribution in [1.82, 2.24) is 4.98 Å². The molecule has 0 amide bonds. The van der Waals surface area contributed by atoms with Crippen molar-refractivity contribution < 1.29 is 5.11 Å². The molecule has 2 rings (SSSR count). The number of hydrogen-bond acceptors (Lipinski definition) is 4. The van der Waals surface area contributed by atoms with E-state index in [0.29, 0.717) is 0 Å². The van der Waals surface area contributed by atoms with Crippen LogP contribution in [-0.4, -0.2) is 21.2 Å². The van der Waals surface area contributed by atoms with E-state index in [1.807, 2.05) is 32.0 Å². The Morgan fingerprint density at radius 1 is 1.18 bits per heavy atom. The van der Waals surface area contributed by atoms with Gasteiger partial charge >= 0.3 is 0 Å². The van der Waals surface area contributed by atoms with Crippen LogP contribution in [0.4, 0.5) is 5.13 Å². The average molecular weight is 250 g/mol. The molecule has 0 saturated heterocycles. The summed E-state index contributed by atoms with van der Waals surface area (Å²) in [5, 5.41) is 14.2. The van der Waals surface area contributed by atoms with Gasteiger partial charge in [-0.2, -0.15) is 0 Å². The molecule has 0 aliphatic heterocycles. The first-order valence-electron chi connectivity index (χ1n) is 5.66. The number of para-hydroxylation sites is 1. The second kappa shape index (κ2) is 3.96. The van der Waals surface area contributed by atoms with E-state index in [1.54, 1.807) is 25.2 Å². The largest absolute Gasteiger partial charge is 0.388 e. The molecular weight excluding hydrogens is 232 g/mol. The Morgan fingerprint density at radius 3 is 2.41 bits per heavy atom. The number of anilines is 1. The zero-order valence-electron chi connectivity index (χ0n) is 10.6. The second-order valence-electron chi connectivity index (χ2n) is 5.30. The van der Waals surface area contributed by atoms with Gasteiger partial charge in [-0.15, -0.1) is 0 Å². The molecule has 0 unspecified atom stereocenters. The number of benzene rings is 1. The number of fused-ring (bicyclic) bond motifs is 1. The number of hydrogen-bond donors (Lipinski definition) is 2. The zero-order chi connectivity index (χ0) is 12.7. The number of aliphatic hydroxyl groups is 1. The van der Waals surface area contributed by atoms with Crippen molar-refractivity contribution in [3.8, 4) is 0 Å². The smallest absolute Gasteiger partial charge is 0.184 e. The minimum Gasteiger partial charge on any atom is -0.388 e. The van der Waals surface area contributed by atoms with Gasteiger partial charge in [0.2, 0.25) is 0 Å². The van der Waals surface area contributed by atoms with E-state index in [-0.39, 0.29) is 0 Å². The fraction of sp³-hybridized carbons (Fsp3) is 0.462. The summed E-state index contributed by atoms with van der Waals surface area (Å²) in [4.78, 5) is 4.51. The van der Waals surface area contributed by atoms with Gasteiger partial charge in [0.25, 0.3) is 0 Å². The van der Waals surface area contributed by atoms with Gasteiger partial charge in [-0.05, 0) is 39.8 Å². The summed E-state index contributed by atoms with van der Waals surface area (Å²) in [6.07, 6.45) is 0. The van der Waals surface area contributed by atoms with E-state index in [0.717, 1.165) is 15.3 Å². The third-order valence-electron chi connectivity index (χ3n) is 3.24. The Bertz CT molecular complexity index is 492. The van der Waals surface area contributed by atoms with Crippen molar-refractivity contribution in [1.29, 1.82) is 0 Å². The summed E-state index contributed by atoms with van der Waals surface area (Å²) in [7, 11) is 0. The van der Waals surface area contributed by atoms with Gasteiger partial charge in [-0.3, -0.25) is 0 Å².